The Morgan fingerprint density at radius 2 is 1.93 bits per heavy atom. The van der Waals surface area contributed by atoms with Gasteiger partial charge in [0, 0.05) is 17.7 Å². The third-order valence-electron chi connectivity index (χ3n) is 2.33. The van der Waals surface area contributed by atoms with Crippen LogP contribution in [0.25, 0.3) is 0 Å². The second-order valence-electron chi connectivity index (χ2n) is 5.18. The molecule has 0 saturated carbocycles. The van der Waals surface area contributed by atoms with Gasteiger partial charge in [-0.25, -0.2) is 4.98 Å². The summed E-state index contributed by atoms with van der Waals surface area (Å²) in [6.45, 7) is 10.8. The van der Waals surface area contributed by atoms with Gasteiger partial charge >= 0.3 is 0 Å². The van der Waals surface area contributed by atoms with Crippen molar-refractivity contribution in [1.29, 1.82) is 0 Å². The number of aromatic amines is 1. The molecule has 0 aliphatic carbocycles. The van der Waals surface area contributed by atoms with Gasteiger partial charge in [0.15, 0.2) is 0 Å². The number of nitrogens with zero attached hydrogens (tertiary/aromatic N) is 1. The third kappa shape index (κ3) is 3.42. The molecule has 0 saturated heterocycles. The molecule has 0 amide bonds. The minimum Gasteiger partial charge on any atom is -0.347 e. The average molecular weight is 224 g/mol. The van der Waals surface area contributed by atoms with E-state index in [0.717, 1.165) is 29.0 Å². The third-order valence-corrected chi connectivity index (χ3v) is 2.67. The van der Waals surface area contributed by atoms with E-state index in [2.05, 4.69) is 44.6 Å². The maximum Gasteiger partial charge on any atom is 0.133 e. The lowest BCUT2D eigenvalue weighted by Crippen LogP contribution is -2.13. The van der Waals surface area contributed by atoms with Crippen molar-refractivity contribution in [3.63, 3.8) is 0 Å². The zero-order chi connectivity index (χ0) is 11.6. The van der Waals surface area contributed by atoms with E-state index >= 15 is 0 Å². The minimum absolute atomic E-state index is 0.242. The van der Waals surface area contributed by atoms with Crippen LogP contribution in [0.3, 0.4) is 0 Å². The van der Waals surface area contributed by atoms with Crippen LogP contribution < -0.4 is 0 Å². The van der Waals surface area contributed by atoms with Crippen molar-refractivity contribution < 1.29 is 0 Å². The first-order valence-corrected chi connectivity index (χ1v) is 5.83. The average Bonchev–Trinajstić information content (AvgIpc) is 1.99. The van der Waals surface area contributed by atoms with Crippen LogP contribution in [0.1, 0.15) is 44.8 Å². The summed E-state index contributed by atoms with van der Waals surface area (Å²) in [5, 5.41) is 0. The highest BCUT2D eigenvalue weighted by molar-refractivity contribution is 7.71. The predicted octanol–water partition coefficient (Wildman–Crippen LogP) is 3.60. The van der Waals surface area contributed by atoms with Gasteiger partial charge in [0.2, 0.25) is 0 Å². The van der Waals surface area contributed by atoms with Gasteiger partial charge < -0.3 is 4.98 Å². The number of rotatable bonds is 2. The Labute approximate surface area is 97.1 Å². The van der Waals surface area contributed by atoms with Gasteiger partial charge in [-0.3, -0.25) is 0 Å². The lowest BCUT2D eigenvalue weighted by Gasteiger charge is -2.18. The molecule has 0 aliphatic rings. The molecule has 1 aromatic heterocycles. The number of aryl methyl sites for hydroxylation is 1. The molecule has 0 bridgehead atoms. The molecule has 3 heteroatoms. The number of H-pyrrole nitrogens is 1. The van der Waals surface area contributed by atoms with Crippen LogP contribution in [0.5, 0.6) is 0 Å². The van der Waals surface area contributed by atoms with Crippen LogP contribution in [0, 0.1) is 17.0 Å². The quantitative estimate of drug-likeness (QED) is 0.778. The summed E-state index contributed by atoms with van der Waals surface area (Å²) in [6.07, 6.45) is 1.88. The SMILES string of the molecule is CCc1c(C)[nH]c(CC(C)(C)C)nc1=S. The molecule has 1 N–H and O–H groups in total. The fourth-order valence-corrected chi connectivity index (χ4v) is 2.08. The molecule has 15 heavy (non-hydrogen) atoms. The molecule has 0 atom stereocenters. The van der Waals surface area contributed by atoms with E-state index in [9.17, 15) is 0 Å². The summed E-state index contributed by atoms with van der Waals surface area (Å²) in [5.41, 5.74) is 2.57. The van der Waals surface area contributed by atoms with Gasteiger partial charge in [0.05, 0.1) is 0 Å². The summed E-state index contributed by atoms with van der Waals surface area (Å²) >= 11 is 5.28. The summed E-state index contributed by atoms with van der Waals surface area (Å²) in [5.74, 6) is 1.00. The largest absolute Gasteiger partial charge is 0.347 e. The molecule has 0 spiro atoms. The molecule has 1 aromatic rings. The first kappa shape index (κ1) is 12.4. The van der Waals surface area contributed by atoms with E-state index in [4.69, 9.17) is 12.2 Å². The predicted molar refractivity (Wildman–Crippen MR) is 66.7 cm³/mol. The molecule has 0 aromatic carbocycles. The topological polar surface area (TPSA) is 28.7 Å². The lowest BCUT2D eigenvalue weighted by atomic mass is 9.92. The Bertz CT molecular complexity index is 399. The minimum atomic E-state index is 0.242. The summed E-state index contributed by atoms with van der Waals surface area (Å²) in [4.78, 5) is 7.80. The second kappa shape index (κ2) is 4.44. The Balaban J connectivity index is 3.10. The smallest absolute Gasteiger partial charge is 0.133 e. The van der Waals surface area contributed by atoms with E-state index in [1.54, 1.807) is 0 Å². The molecule has 0 unspecified atom stereocenters. The summed E-state index contributed by atoms with van der Waals surface area (Å²) < 4.78 is 0.757. The zero-order valence-electron chi connectivity index (χ0n) is 10.3. The van der Waals surface area contributed by atoms with Crippen molar-refractivity contribution in [2.45, 2.75) is 47.5 Å². The second-order valence-corrected chi connectivity index (χ2v) is 5.57. The Morgan fingerprint density at radius 3 is 2.33 bits per heavy atom. The molecular weight excluding hydrogens is 204 g/mol. The Morgan fingerprint density at radius 1 is 1.33 bits per heavy atom. The Hall–Kier alpha value is -0.700. The lowest BCUT2D eigenvalue weighted by molar-refractivity contribution is 0.400. The molecule has 2 nitrogen and oxygen atoms in total. The normalized spacial score (nSPS) is 11.8. The van der Waals surface area contributed by atoms with Crippen LogP contribution in [0.15, 0.2) is 0 Å². The fourth-order valence-electron chi connectivity index (χ4n) is 1.67. The number of aromatic nitrogens is 2. The van der Waals surface area contributed by atoms with E-state index in [1.807, 2.05) is 0 Å². The molecule has 0 radical (unpaired) electrons. The first-order chi connectivity index (χ1) is 6.83. The highest BCUT2D eigenvalue weighted by Gasteiger charge is 2.13. The van der Waals surface area contributed by atoms with Crippen LogP contribution >= 0.6 is 12.2 Å². The van der Waals surface area contributed by atoms with Crippen molar-refractivity contribution in [3.8, 4) is 0 Å². The molecule has 1 heterocycles. The Kier molecular flexibility index (Phi) is 3.66. The van der Waals surface area contributed by atoms with E-state index in [-0.39, 0.29) is 5.41 Å². The van der Waals surface area contributed by atoms with Crippen molar-refractivity contribution in [1.82, 2.24) is 9.97 Å². The fraction of sp³-hybridized carbons (Fsp3) is 0.667. The van der Waals surface area contributed by atoms with Crippen molar-refractivity contribution in [3.05, 3.63) is 21.7 Å². The van der Waals surface area contributed by atoms with Crippen molar-refractivity contribution >= 4 is 12.2 Å². The monoisotopic (exact) mass is 224 g/mol. The number of hydrogen-bond acceptors (Lipinski definition) is 2. The van der Waals surface area contributed by atoms with Crippen LogP contribution in [0.4, 0.5) is 0 Å². The highest BCUT2D eigenvalue weighted by Crippen LogP contribution is 2.19. The van der Waals surface area contributed by atoms with E-state index in [1.165, 1.54) is 5.56 Å². The summed E-state index contributed by atoms with van der Waals surface area (Å²) in [7, 11) is 0. The van der Waals surface area contributed by atoms with Gasteiger partial charge in [0.25, 0.3) is 0 Å². The molecule has 0 aliphatic heterocycles. The molecule has 0 fully saturated rings. The van der Waals surface area contributed by atoms with Crippen LogP contribution in [0.2, 0.25) is 0 Å². The van der Waals surface area contributed by atoms with E-state index < -0.39 is 0 Å². The van der Waals surface area contributed by atoms with Crippen LogP contribution in [-0.4, -0.2) is 9.97 Å². The zero-order valence-corrected chi connectivity index (χ0v) is 11.1. The van der Waals surface area contributed by atoms with Gasteiger partial charge in [-0.2, -0.15) is 0 Å². The van der Waals surface area contributed by atoms with E-state index in [0.29, 0.717) is 0 Å². The number of nitrogens with one attached hydrogen (secondary N) is 1. The molecule has 1 rings (SSSR count). The van der Waals surface area contributed by atoms with Gasteiger partial charge in [-0.1, -0.05) is 39.9 Å². The maximum atomic E-state index is 5.28. The number of hydrogen-bond donors (Lipinski definition) is 1. The highest BCUT2D eigenvalue weighted by atomic mass is 32.1. The standard InChI is InChI=1S/C12H20N2S/c1-6-9-8(2)13-10(14-11(9)15)7-12(3,4)5/h6-7H2,1-5H3,(H,13,14,15). The van der Waals surface area contributed by atoms with Gasteiger partial charge in [-0.15, -0.1) is 0 Å². The van der Waals surface area contributed by atoms with Crippen molar-refractivity contribution in [2.24, 2.45) is 5.41 Å². The molecule has 84 valence electrons. The van der Waals surface area contributed by atoms with Gasteiger partial charge in [-0.05, 0) is 18.8 Å². The van der Waals surface area contributed by atoms with Gasteiger partial charge in [0.1, 0.15) is 10.5 Å². The van der Waals surface area contributed by atoms with Crippen molar-refractivity contribution in [2.75, 3.05) is 0 Å². The maximum absolute atomic E-state index is 5.28. The van der Waals surface area contributed by atoms with Crippen LogP contribution in [-0.2, 0) is 12.8 Å². The first-order valence-electron chi connectivity index (χ1n) is 5.42. The molecular formula is C12H20N2S. The summed E-state index contributed by atoms with van der Waals surface area (Å²) in [6, 6.07) is 0.